The Bertz CT molecular complexity index is 1440. The van der Waals surface area contributed by atoms with Crippen molar-refractivity contribution in [1.82, 2.24) is 9.97 Å². The summed E-state index contributed by atoms with van der Waals surface area (Å²) >= 11 is 1.24. The molecule has 0 radical (unpaired) electrons. The lowest BCUT2D eigenvalue weighted by atomic mass is 10.2. The summed E-state index contributed by atoms with van der Waals surface area (Å²) in [6.07, 6.45) is 1.66. The number of hydrogen-bond acceptors (Lipinski definition) is 6. The Labute approximate surface area is 189 Å². The number of aromatic nitrogens is 2. The van der Waals surface area contributed by atoms with Gasteiger partial charge in [-0.25, -0.2) is 18.4 Å². The van der Waals surface area contributed by atoms with Crippen LogP contribution in [0.5, 0.6) is 0 Å². The molecular weight excluding hydrogens is 442 g/mol. The highest BCUT2D eigenvalue weighted by Gasteiger charge is 2.17. The quantitative estimate of drug-likeness (QED) is 0.340. The van der Waals surface area contributed by atoms with E-state index in [-0.39, 0.29) is 4.90 Å². The molecule has 5 rings (SSSR count). The van der Waals surface area contributed by atoms with E-state index < -0.39 is 10.0 Å². The molecule has 2 heterocycles. The van der Waals surface area contributed by atoms with E-state index in [1.54, 1.807) is 18.3 Å². The highest BCUT2D eigenvalue weighted by atomic mass is 32.2. The molecule has 0 fully saturated rings. The number of nitrogens with one attached hydrogen (secondary N) is 1. The van der Waals surface area contributed by atoms with E-state index in [1.165, 1.54) is 23.5 Å². The van der Waals surface area contributed by atoms with Gasteiger partial charge in [-0.1, -0.05) is 60.7 Å². The van der Waals surface area contributed by atoms with Crippen molar-refractivity contribution in [3.63, 3.8) is 0 Å². The van der Waals surface area contributed by atoms with Crippen molar-refractivity contribution in [3.8, 4) is 34.0 Å². The van der Waals surface area contributed by atoms with E-state index in [4.69, 9.17) is 4.42 Å². The first-order valence-electron chi connectivity index (χ1n) is 9.74. The Morgan fingerprint density at radius 3 is 2.12 bits per heavy atom. The molecule has 1 N–H and O–H groups in total. The van der Waals surface area contributed by atoms with Crippen molar-refractivity contribution in [1.29, 1.82) is 0 Å². The minimum atomic E-state index is -3.77. The lowest BCUT2D eigenvalue weighted by Crippen LogP contribution is -2.12. The lowest BCUT2D eigenvalue weighted by Gasteiger charge is -2.05. The van der Waals surface area contributed by atoms with Crippen molar-refractivity contribution in [2.75, 3.05) is 4.72 Å². The van der Waals surface area contributed by atoms with Crippen LogP contribution in [0, 0.1) is 0 Å². The van der Waals surface area contributed by atoms with Crippen LogP contribution in [0.4, 0.5) is 5.13 Å². The largest absolute Gasteiger partial charge is 0.436 e. The van der Waals surface area contributed by atoms with Gasteiger partial charge in [0, 0.05) is 22.1 Å². The summed E-state index contributed by atoms with van der Waals surface area (Å²) < 4.78 is 34.0. The second-order valence-electron chi connectivity index (χ2n) is 6.93. The summed E-state index contributed by atoms with van der Waals surface area (Å²) in [5, 5.41) is 2.14. The average Bonchev–Trinajstić information content (AvgIpc) is 3.50. The van der Waals surface area contributed by atoms with Gasteiger partial charge >= 0.3 is 0 Å². The molecule has 8 heteroatoms. The monoisotopic (exact) mass is 459 g/mol. The fourth-order valence-corrected chi connectivity index (χ4v) is 5.13. The number of rotatable bonds is 6. The molecule has 158 valence electrons. The zero-order chi connectivity index (χ0) is 22.0. The van der Waals surface area contributed by atoms with Crippen LogP contribution in [0.2, 0.25) is 0 Å². The van der Waals surface area contributed by atoms with Gasteiger partial charge in [-0.3, -0.25) is 4.72 Å². The first kappa shape index (κ1) is 20.2. The van der Waals surface area contributed by atoms with Crippen LogP contribution in [-0.2, 0) is 10.0 Å². The second kappa shape index (κ2) is 8.41. The molecule has 5 aromatic rings. The molecule has 0 aliphatic rings. The molecule has 2 aromatic heterocycles. The predicted octanol–water partition coefficient (Wildman–Crippen LogP) is 5.93. The van der Waals surface area contributed by atoms with Gasteiger partial charge in [0.15, 0.2) is 10.9 Å². The molecule has 0 amide bonds. The number of nitrogens with zero attached hydrogens (tertiary/aromatic N) is 2. The summed E-state index contributed by atoms with van der Waals surface area (Å²) in [7, 11) is -3.77. The molecule has 0 spiro atoms. The Hall–Kier alpha value is -3.75. The van der Waals surface area contributed by atoms with E-state index in [1.807, 2.05) is 66.0 Å². The van der Waals surface area contributed by atoms with Gasteiger partial charge in [-0.05, 0) is 24.3 Å². The lowest BCUT2D eigenvalue weighted by molar-refractivity contribution is 0.588. The van der Waals surface area contributed by atoms with Gasteiger partial charge in [-0.15, -0.1) is 11.3 Å². The van der Waals surface area contributed by atoms with Crippen LogP contribution in [0.25, 0.3) is 34.0 Å². The first-order chi connectivity index (χ1) is 15.6. The number of benzene rings is 3. The smallest absolute Gasteiger partial charge is 0.263 e. The van der Waals surface area contributed by atoms with E-state index in [0.717, 1.165) is 16.8 Å². The zero-order valence-corrected chi connectivity index (χ0v) is 18.3. The van der Waals surface area contributed by atoms with E-state index in [9.17, 15) is 8.42 Å². The molecule has 0 bridgehead atoms. The topological polar surface area (TPSA) is 85.1 Å². The Morgan fingerprint density at radius 1 is 0.781 bits per heavy atom. The molecule has 0 atom stereocenters. The highest BCUT2D eigenvalue weighted by molar-refractivity contribution is 7.93. The maximum Gasteiger partial charge on any atom is 0.263 e. The minimum absolute atomic E-state index is 0.132. The molecule has 0 aliphatic carbocycles. The average molecular weight is 460 g/mol. The van der Waals surface area contributed by atoms with Crippen LogP contribution < -0.4 is 4.72 Å². The van der Waals surface area contributed by atoms with Crippen molar-refractivity contribution >= 4 is 26.5 Å². The summed E-state index contributed by atoms with van der Waals surface area (Å²) in [5.41, 5.74) is 3.26. The number of oxazole rings is 1. The first-order valence-corrected chi connectivity index (χ1v) is 12.1. The molecule has 3 aromatic carbocycles. The molecule has 0 aliphatic heterocycles. The number of anilines is 1. The van der Waals surface area contributed by atoms with Gasteiger partial charge in [0.1, 0.15) is 0 Å². The Kier molecular flexibility index (Phi) is 5.30. The van der Waals surface area contributed by atoms with Crippen molar-refractivity contribution in [2.24, 2.45) is 0 Å². The molecule has 0 saturated carbocycles. The Morgan fingerprint density at radius 2 is 1.44 bits per heavy atom. The number of sulfonamides is 1. The van der Waals surface area contributed by atoms with Crippen molar-refractivity contribution in [3.05, 3.63) is 96.5 Å². The van der Waals surface area contributed by atoms with Crippen LogP contribution in [0.15, 0.2) is 106 Å². The SMILES string of the molecule is O=S(=O)(Nc1nc(-c2ccccc2)cs1)c1ccc(-c2ncc(-c3ccccc3)o2)cc1. The summed E-state index contributed by atoms with van der Waals surface area (Å²) in [6, 6.07) is 25.7. The van der Waals surface area contributed by atoms with Crippen molar-refractivity contribution in [2.45, 2.75) is 4.90 Å². The van der Waals surface area contributed by atoms with Gasteiger partial charge in [-0.2, -0.15) is 0 Å². The fourth-order valence-electron chi connectivity index (χ4n) is 3.16. The van der Waals surface area contributed by atoms with Crippen molar-refractivity contribution < 1.29 is 12.8 Å². The van der Waals surface area contributed by atoms with E-state index in [0.29, 0.717) is 22.3 Å². The Balaban J connectivity index is 1.34. The second-order valence-corrected chi connectivity index (χ2v) is 9.47. The van der Waals surface area contributed by atoms with Gasteiger partial charge in [0.25, 0.3) is 10.0 Å². The fraction of sp³-hybridized carbons (Fsp3) is 0. The molecule has 6 nitrogen and oxygen atoms in total. The predicted molar refractivity (Wildman–Crippen MR) is 126 cm³/mol. The standard InChI is InChI=1S/C24H17N3O3S2/c28-32(29,27-24-26-21(16-31-24)17-7-3-1-4-8-17)20-13-11-19(12-14-20)23-25-15-22(30-23)18-9-5-2-6-10-18/h1-16H,(H,26,27). The van der Waals surface area contributed by atoms with Crippen LogP contribution in [0.1, 0.15) is 0 Å². The molecule has 32 heavy (non-hydrogen) atoms. The summed E-state index contributed by atoms with van der Waals surface area (Å²) in [4.78, 5) is 8.84. The third-order valence-corrected chi connectivity index (χ3v) is 7.01. The van der Waals surface area contributed by atoms with Crippen LogP contribution in [0.3, 0.4) is 0 Å². The maximum absolute atomic E-state index is 12.8. The van der Waals surface area contributed by atoms with E-state index >= 15 is 0 Å². The summed E-state index contributed by atoms with van der Waals surface area (Å²) in [6.45, 7) is 0. The van der Waals surface area contributed by atoms with Gasteiger partial charge in [0.05, 0.1) is 16.8 Å². The van der Waals surface area contributed by atoms with Gasteiger partial charge in [0.2, 0.25) is 5.89 Å². The minimum Gasteiger partial charge on any atom is -0.436 e. The summed E-state index contributed by atoms with van der Waals surface area (Å²) in [5.74, 6) is 1.07. The van der Waals surface area contributed by atoms with Gasteiger partial charge < -0.3 is 4.42 Å². The molecular formula is C24H17N3O3S2. The maximum atomic E-state index is 12.8. The third-order valence-electron chi connectivity index (χ3n) is 4.77. The highest BCUT2D eigenvalue weighted by Crippen LogP contribution is 2.29. The molecule has 0 unspecified atom stereocenters. The molecule has 0 saturated heterocycles. The zero-order valence-electron chi connectivity index (χ0n) is 16.7. The number of hydrogen-bond donors (Lipinski definition) is 1. The normalized spacial score (nSPS) is 11.4. The van der Waals surface area contributed by atoms with Crippen LogP contribution in [-0.4, -0.2) is 18.4 Å². The van der Waals surface area contributed by atoms with E-state index in [2.05, 4.69) is 14.7 Å². The third kappa shape index (κ3) is 4.18. The number of thiazole rings is 1. The van der Waals surface area contributed by atoms with Crippen LogP contribution >= 0.6 is 11.3 Å².